The fourth-order valence-electron chi connectivity index (χ4n) is 6.23. The van der Waals surface area contributed by atoms with Crippen molar-refractivity contribution in [1.29, 1.82) is 0 Å². The van der Waals surface area contributed by atoms with Gasteiger partial charge in [-0.05, 0) is 84.7 Å². The minimum atomic E-state index is -0.226. The predicted molar refractivity (Wildman–Crippen MR) is 126 cm³/mol. The summed E-state index contributed by atoms with van der Waals surface area (Å²) in [4.78, 5) is 13.5. The van der Waals surface area contributed by atoms with Crippen LogP contribution in [-0.2, 0) is 4.79 Å². The van der Waals surface area contributed by atoms with E-state index in [4.69, 9.17) is 0 Å². The second-order valence-corrected chi connectivity index (χ2v) is 10.1. The van der Waals surface area contributed by atoms with E-state index in [1.807, 2.05) is 12.1 Å². The van der Waals surface area contributed by atoms with Gasteiger partial charge in [0.15, 0.2) is 0 Å². The van der Waals surface area contributed by atoms with Crippen molar-refractivity contribution in [2.45, 2.75) is 88.9 Å². The Morgan fingerprint density at radius 2 is 1.09 bits per heavy atom. The Morgan fingerprint density at radius 3 is 1.47 bits per heavy atom. The first-order valence-corrected chi connectivity index (χ1v) is 12.6. The number of carbonyl (C=O) groups is 1. The smallest absolute Gasteiger partial charge is 0.134 e. The summed E-state index contributed by atoms with van der Waals surface area (Å²) in [6.45, 7) is 0. The van der Waals surface area contributed by atoms with Crippen LogP contribution in [0.25, 0.3) is 0 Å². The molecule has 0 amide bonds. The third kappa shape index (κ3) is 6.05. The van der Waals surface area contributed by atoms with E-state index in [0.29, 0.717) is 24.7 Å². The summed E-state index contributed by atoms with van der Waals surface area (Å²) >= 11 is 0. The normalized spacial score (nSPS) is 20.1. The van der Waals surface area contributed by atoms with Crippen LogP contribution in [0.15, 0.2) is 48.5 Å². The van der Waals surface area contributed by atoms with Crippen LogP contribution in [0.3, 0.4) is 0 Å². The van der Waals surface area contributed by atoms with Crippen LogP contribution >= 0.6 is 0 Å². The third-order valence-corrected chi connectivity index (χ3v) is 7.89. The molecule has 2 atom stereocenters. The molecule has 0 heterocycles. The van der Waals surface area contributed by atoms with Gasteiger partial charge in [-0.1, -0.05) is 62.8 Å². The first-order chi connectivity index (χ1) is 15.6. The average Bonchev–Trinajstić information content (AvgIpc) is 2.82. The topological polar surface area (TPSA) is 17.1 Å². The number of halogens is 2. The van der Waals surface area contributed by atoms with Gasteiger partial charge in [0, 0.05) is 12.8 Å². The van der Waals surface area contributed by atoms with Crippen LogP contribution in [0, 0.1) is 23.5 Å². The van der Waals surface area contributed by atoms with E-state index in [-0.39, 0.29) is 29.3 Å². The van der Waals surface area contributed by atoms with Crippen molar-refractivity contribution in [2.24, 2.45) is 11.8 Å². The Labute approximate surface area is 191 Å². The van der Waals surface area contributed by atoms with E-state index in [9.17, 15) is 13.6 Å². The van der Waals surface area contributed by atoms with Crippen LogP contribution in [0.2, 0.25) is 0 Å². The summed E-state index contributed by atoms with van der Waals surface area (Å²) in [7, 11) is 0. The Morgan fingerprint density at radius 1 is 0.688 bits per heavy atom. The van der Waals surface area contributed by atoms with Gasteiger partial charge in [-0.3, -0.25) is 4.79 Å². The van der Waals surface area contributed by atoms with Gasteiger partial charge < -0.3 is 0 Å². The summed E-state index contributed by atoms with van der Waals surface area (Å²) in [5.41, 5.74) is 1.93. The molecule has 2 aliphatic rings. The minimum absolute atomic E-state index is 0.0815. The molecule has 0 saturated heterocycles. The molecule has 0 radical (unpaired) electrons. The van der Waals surface area contributed by atoms with E-state index in [0.717, 1.165) is 36.8 Å². The maximum atomic E-state index is 14.0. The summed E-state index contributed by atoms with van der Waals surface area (Å²) in [6, 6.07) is 13.7. The molecular formula is C29H36F2O. The van der Waals surface area contributed by atoms with Crippen molar-refractivity contribution in [1.82, 2.24) is 0 Å². The fraction of sp³-hybridized carbons (Fsp3) is 0.552. The van der Waals surface area contributed by atoms with Crippen LogP contribution in [0.4, 0.5) is 8.78 Å². The van der Waals surface area contributed by atoms with Crippen molar-refractivity contribution < 1.29 is 13.6 Å². The lowest BCUT2D eigenvalue weighted by Crippen LogP contribution is -2.23. The molecule has 172 valence electrons. The third-order valence-electron chi connectivity index (χ3n) is 7.89. The van der Waals surface area contributed by atoms with Crippen LogP contribution in [-0.4, -0.2) is 5.78 Å². The molecule has 0 aliphatic heterocycles. The monoisotopic (exact) mass is 438 g/mol. The Balaban J connectivity index is 1.54. The molecule has 0 aromatic heterocycles. The highest BCUT2D eigenvalue weighted by molar-refractivity contribution is 5.80. The quantitative estimate of drug-likeness (QED) is 0.405. The second kappa shape index (κ2) is 11.2. The average molecular weight is 439 g/mol. The van der Waals surface area contributed by atoms with Crippen molar-refractivity contribution in [3.05, 3.63) is 71.3 Å². The fourth-order valence-corrected chi connectivity index (χ4v) is 6.23. The second-order valence-electron chi connectivity index (χ2n) is 10.1. The first-order valence-electron chi connectivity index (χ1n) is 12.6. The van der Waals surface area contributed by atoms with Gasteiger partial charge in [0.1, 0.15) is 17.4 Å². The highest BCUT2D eigenvalue weighted by atomic mass is 19.1. The molecule has 2 aliphatic carbocycles. The van der Waals surface area contributed by atoms with Gasteiger partial charge in [0.2, 0.25) is 0 Å². The standard InChI is InChI=1S/C29H36F2O/c30-25-15-7-13-23(17-25)28(21-9-3-1-4-10-21)19-27(32)20-29(22-11-5-2-6-12-22)24-14-8-16-26(31)18-24/h7-8,13-18,21-22,28-29H,1-6,9-12,19-20H2/t28-,29-/m0/s1. The first kappa shape index (κ1) is 23.1. The van der Waals surface area contributed by atoms with Gasteiger partial charge in [0.25, 0.3) is 0 Å². The summed E-state index contributed by atoms with van der Waals surface area (Å²) < 4.78 is 28.0. The number of carbonyl (C=O) groups excluding carboxylic acids is 1. The van der Waals surface area contributed by atoms with Crippen molar-refractivity contribution >= 4 is 5.78 Å². The Bertz CT molecular complexity index is 809. The molecule has 0 bridgehead atoms. The van der Waals surface area contributed by atoms with E-state index in [1.165, 1.54) is 50.7 Å². The lowest BCUT2D eigenvalue weighted by Gasteiger charge is -2.33. The van der Waals surface area contributed by atoms with E-state index < -0.39 is 0 Å². The van der Waals surface area contributed by atoms with Gasteiger partial charge in [-0.25, -0.2) is 8.78 Å². The van der Waals surface area contributed by atoms with E-state index in [1.54, 1.807) is 24.3 Å². The number of hydrogen-bond donors (Lipinski definition) is 0. The number of Topliss-reactive ketones (excluding diaryl/α,β-unsaturated/α-hetero) is 1. The minimum Gasteiger partial charge on any atom is -0.300 e. The van der Waals surface area contributed by atoms with E-state index >= 15 is 0 Å². The Kier molecular flexibility index (Phi) is 8.10. The molecule has 0 spiro atoms. The number of rotatable bonds is 8. The highest BCUT2D eigenvalue weighted by Crippen LogP contribution is 2.42. The molecule has 0 N–H and O–H groups in total. The van der Waals surface area contributed by atoms with Gasteiger partial charge in [-0.15, -0.1) is 0 Å². The summed E-state index contributed by atoms with van der Waals surface area (Å²) in [6.07, 6.45) is 12.7. The maximum Gasteiger partial charge on any atom is 0.134 e. The summed E-state index contributed by atoms with van der Waals surface area (Å²) in [5, 5.41) is 0. The largest absolute Gasteiger partial charge is 0.300 e. The molecule has 2 saturated carbocycles. The van der Waals surface area contributed by atoms with Crippen molar-refractivity contribution in [3.8, 4) is 0 Å². The van der Waals surface area contributed by atoms with Gasteiger partial charge in [0.05, 0.1) is 0 Å². The molecule has 0 unspecified atom stereocenters. The van der Waals surface area contributed by atoms with Crippen LogP contribution in [0.5, 0.6) is 0 Å². The lowest BCUT2D eigenvalue weighted by atomic mass is 9.71. The SMILES string of the molecule is O=C(C[C@H](c1cccc(F)c1)C1CCCCC1)C[C@H](c1cccc(F)c1)C1CCCCC1. The zero-order chi connectivity index (χ0) is 22.3. The highest BCUT2D eigenvalue weighted by Gasteiger charge is 2.31. The number of benzene rings is 2. The van der Waals surface area contributed by atoms with Crippen LogP contribution in [0.1, 0.15) is 100 Å². The van der Waals surface area contributed by atoms with Gasteiger partial charge in [-0.2, -0.15) is 0 Å². The molecule has 4 rings (SSSR count). The van der Waals surface area contributed by atoms with E-state index in [2.05, 4.69) is 0 Å². The maximum absolute atomic E-state index is 14.0. The zero-order valence-electron chi connectivity index (χ0n) is 19.1. The number of hydrogen-bond acceptors (Lipinski definition) is 1. The van der Waals surface area contributed by atoms with Crippen molar-refractivity contribution in [2.75, 3.05) is 0 Å². The molecule has 32 heavy (non-hydrogen) atoms. The lowest BCUT2D eigenvalue weighted by molar-refractivity contribution is -0.120. The zero-order valence-corrected chi connectivity index (χ0v) is 19.1. The molecule has 2 aromatic rings. The Hall–Kier alpha value is -2.03. The molecule has 2 fully saturated rings. The summed E-state index contributed by atoms with van der Waals surface area (Å²) in [5.74, 6) is 0.834. The molecule has 2 aromatic carbocycles. The van der Waals surface area contributed by atoms with Crippen LogP contribution < -0.4 is 0 Å². The molecule has 1 nitrogen and oxygen atoms in total. The molecular weight excluding hydrogens is 402 g/mol. The van der Waals surface area contributed by atoms with Crippen molar-refractivity contribution in [3.63, 3.8) is 0 Å². The molecule has 3 heteroatoms. The predicted octanol–water partition coefficient (Wildman–Crippen LogP) is 8.34. The van der Waals surface area contributed by atoms with Gasteiger partial charge >= 0.3 is 0 Å². The number of ketones is 1.